The molecule has 5 aromatic rings. The molecule has 61 heavy (non-hydrogen) atoms. The highest BCUT2D eigenvalue weighted by atomic mass is 35.5. The van der Waals surface area contributed by atoms with Crippen molar-refractivity contribution in [2.75, 3.05) is 49.1 Å². The smallest absolute Gasteiger partial charge is 0.328 e. The predicted octanol–water partition coefficient (Wildman–Crippen LogP) is 6.28. The van der Waals surface area contributed by atoms with Gasteiger partial charge in [-0.2, -0.15) is 10.4 Å². The van der Waals surface area contributed by atoms with Crippen molar-refractivity contribution in [2.24, 2.45) is 16.7 Å². The van der Waals surface area contributed by atoms with Crippen LogP contribution in [0.1, 0.15) is 81.8 Å². The lowest BCUT2D eigenvalue weighted by Gasteiger charge is -2.63. The third kappa shape index (κ3) is 7.72. The molecule has 4 amide bonds. The largest absolute Gasteiger partial charge is 0.488 e. The molecule has 7 heterocycles. The fraction of sp³-hybridized carbons (Fsp3) is 0.467. The molecule has 1 aromatic carbocycles. The molecule has 0 unspecified atom stereocenters. The first-order chi connectivity index (χ1) is 28.9. The van der Waals surface area contributed by atoms with Gasteiger partial charge in [-0.3, -0.25) is 24.8 Å². The lowest BCUT2D eigenvalue weighted by molar-refractivity contribution is -0.163. The van der Waals surface area contributed by atoms with Gasteiger partial charge in [-0.1, -0.05) is 27.7 Å². The zero-order valence-corrected chi connectivity index (χ0v) is 35.8. The van der Waals surface area contributed by atoms with Crippen LogP contribution in [0.4, 0.5) is 16.3 Å². The van der Waals surface area contributed by atoms with Gasteiger partial charge in [-0.15, -0.1) is 12.4 Å². The third-order valence-electron chi connectivity index (χ3n) is 13.4. The summed E-state index contributed by atoms with van der Waals surface area (Å²) in [6.07, 6.45) is 11.1. The number of imide groups is 1. The Morgan fingerprint density at radius 1 is 0.902 bits per heavy atom. The van der Waals surface area contributed by atoms with Crippen LogP contribution in [-0.4, -0.2) is 98.9 Å². The Morgan fingerprint density at radius 3 is 2.38 bits per heavy atom. The monoisotopic (exact) mass is 845 g/mol. The molecular formula is C45H52ClN11O4. The Bertz CT molecular complexity index is 2490. The number of pyridine rings is 3. The number of nitrogens with one attached hydrogen (secondary N) is 2. The first-order valence-corrected chi connectivity index (χ1v) is 21.0. The summed E-state index contributed by atoms with van der Waals surface area (Å²) in [7, 11) is 0. The van der Waals surface area contributed by atoms with Crippen LogP contribution in [0.3, 0.4) is 0 Å². The van der Waals surface area contributed by atoms with Crippen molar-refractivity contribution in [3.63, 3.8) is 0 Å². The summed E-state index contributed by atoms with van der Waals surface area (Å²) in [6, 6.07) is 14.9. The van der Waals surface area contributed by atoms with E-state index in [1.165, 1.54) is 0 Å². The summed E-state index contributed by atoms with van der Waals surface area (Å²) in [5.41, 5.74) is 2.41. The van der Waals surface area contributed by atoms with Gasteiger partial charge in [0.1, 0.15) is 23.7 Å². The first-order valence-electron chi connectivity index (χ1n) is 21.0. The van der Waals surface area contributed by atoms with Gasteiger partial charge < -0.3 is 19.9 Å². The van der Waals surface area contributed by atoms with Crippen LogP contribution in [-0.2, 0) is 4.79 Å². The molecule has 1 saturated carbocycles. The highest BCUT2D eigenvalue weighted by Crippen LogP contribution is 2.56. The zero-order chi connectivity index (χ0) is 41.8. The highest BCUT2D eigenvalue weighted by molar-refractivity contribution is 6.09. The van der Waals surface area contributed by atoms with Gasteiger partial charge in [-0.05, 0) is 74.1 Å². The molecule has 4 aliphatic rings. The fourth-order valence-corrected chi connectivity index (χ4v) is 10.5. The number of halogens is 1. The summed E-state index contributed by atoms with van der Waals surface area (Å²) in [5, 5.41) is 21.6. The Hall–Kier alpha value is -5.85. The van der Waals surface area contributed by atoms with Crippen LogP contribution in [0.15, 0.2) is 67.3 Å². The number of rotatable bonds is 9. The normalized spacial score (nSPS) is 22.0. The minimum absolute atomic E-state index is 0. The number of likely N-dealkylation sites (tertiary alicyclic amines) is 1. The Labute approximate surface area is 361 Å². The molecule has 0 radical (unpaired) electrons. The van der Waals surface area contributed by atoms with Crippen molar-refractivity contribution < 1.29 is 19.1 Å². The molecule has 16 heteroatoms. The zero-order valence-electron chi connectivity index (χ0n) is 35.0. The second-order valence-corrected chi connectivity index (χ2v) is 17.9. The average molecular weight is 846 g/mol. The van der Waals surface area contributed by atoms with Gasteiger partial charge in [-0.25, -0.2) is 19.4 Å². The average Bonchev–Trinajstić information content (AvgIpc) is 3.70. The number of hydrogen-bond acceptors (Lipinski definition) is 11. The Balaban J connectivity index is 0.00000514. The van der Waals surface area contributed by atoms with E-state index in [2.05, 4.69) is 64.2 Å². The second-order valence-electron chi connectivity index (χ2n) is 17.9. The predicted molar refractivity (Wildman–Crippen MR) is 234 cm³/mol. The van der Waals surface area contributed by atoms with E-state index in [0.29, 0.717) is 34.9 Å². The summed E-state index contributed by atoms with van der Waals surface area (Å²) < 4.78 is 8.67. The summed E-state index contributed by atoms with van der Waals surface area (Å²) in [4.78, 5) is 58.2. The van der Waals surface area contributed by atoms with E-state index in [-0.39, 0.29) is 59.7 Å². The van der Waals surface area contributed by atoms with Crippen molar-refractivity contribution in [1.29, 1.82) is 5.26 Å². The number of nitrogens with zero attached hydrogens (tertiary/aromatic N) is 9. The van der Waals surface area contributed by atoms with Crippen molar-refractivity contribution in [3.8, 4) is 11.8 Å². The Kier molecular flexibility index (Phi) is 11.4. The maximum atomic E-state index is 13.6. The quantitative estimate of drug-likeness (QED) is 0.171. The van der Waals surface area contributed by atoms with Gasteiger partial charge in [0.2, 0.25) is 5.91 Å². The maximum absolute atomic E-state index is 13.6. The molecule has 3 aliphatic heterocycles. The lowest BCUT2D eigenvalue weighted by atomic mass is 9.49. The van der Waals surface area contributed by atoms with Crippen molar-refractivity contribution in [2.45, 2.75) is 78.0 Å². The molecule has 0 spiro atoms. The van der Waals surface area contributed by atoms with Crippen LogP contribution < -0.4 is 25.2 Å². The minimum Gasteiger partial charge on any atom is -0.488 e. The van der Waals surface area contributed by atoms with Crippen LogP contribution in [0.2, 0.25) is 0 Å². The van der Waals surface area contributed by atoms with E-state index in [1.807, 2.05) is 41.1 Å². The Morgan fingerprint density at radius 2 is 1.67 bits per heavy atom. The molecule has 0 bridgehead atoms. The number of benzene rings is 1. The molecule has 15 nitrogen and oxygen atoms in total. The van der Waals surface area contributed by atoms with E-state index in [4.69, 9.17) is 14.8 Å². The molecular weight excluding hydrogens is 794 g/mol. The van der Waals surface area contributed by atoms with E-state index in [1.54, 1.807) is 35.8 Å². The van der Waals surface area contributed by atoms with Gasteiger partial charge in [0.15, 0.2) is 5.65 Å². The number of nitriles is 1. The maximum Gasteiger partial charge on any atom is 0.328 e. The van der Waals surface area contributed by atoms with Crippen molar-refractivity contribution in [3.05, 3.63) is 78.4 Å². The molecule has 9 rings (SSSR count). The van der Waals surface area contributed by atoms with E-state index in [0.717, 1.165) is 86.3 Å². The lowest BCUT2D eigenvalue weighted by Crippen LogP contribution is -2.74. The van der Waals surface area contributed by atoms with Gasteiger partial charge in [0, 0.05) is 86.5 Å². The summed E-state index contributed by atoms with van der Waals surface area (Å²) >= 11 is 0. The van der Waals surface area contributed by atoms with Gasteiger partial charge in [0.05, 0.1) is 40.0 Å². The number of fused-ring (bicyclic) bond motifs is 2. The highest BCUT2D eigenvalue weighted by Gasteiger charge is 2.64. The van der Waals surface area contributed by atoms with Crippen molar-refractivity contribution in [1.82, 2.24) is 40.3 Å². The minimum atomic E-state index is -0.408. The number of aromatic nitrogens is 5. The molecule has 3 saturated heterocycles. The van der Waals surface area contributed by atoms with Gasteiger partial charge in [0.25, 0.3) is 5.91 Å². The van der Waals surface area contributed by atoms with E-state index in [9.17, 15) is 19.6 Å². The number of hydrogen-bond donors (Lipinski definition) is 2. The number of carbonyl (C=O) groups excluding carboxylic acids is 3. The number of ether oxygens (including phenoxy) is 1. The third-order valence-corrected chi connectivity index (χ3v) is 13.4. The number of carbonyl (C=O) groups is 3. The molecule has 0 atom stereocenters. The summed E-state index contributed by atoms with van der Waals surface area (Å²) in [5.74, 6) is 1.77. The SMILES string of the molecule is CC1(C)C(NC(=O)c2ccc(N3CCC(CN4CCC(n5ncc6c(N7CCC(=O)NC7=O)ccnc65)CC4)CC3)nc2)C(C)(C)C1Oc1ccc(C#N)c2ncccc12.Cl. The number of amides is 4. The number of piperidine rings is 2. The standard InChI is InChI=1S/C45H51N11O4.ClH/c1-44(2)41(45(3,4)42(44)60-35-9-7-29(24-46)38-32(35)6-5-17-47-38)52-40(58)30-8-10-36(49-25-30)54-21-12-28(13-22-54)27-53-19-14-31(15-20-53)56-39-33(26-50-56)34(11-18-48-39)55-23-16-37(57)51-43(55)59;/h5-11,17-18,25-26,28,31,41-42H,12-16,19-23,27H2,1-4H3,(H,52,58)(H,51,57,59);1H. The summed E-state index contributed by atoms with van der Waals surface area (Å²) in [6.45, 7) is 13.7. The van der Waals surface area contributed by atoms with Gasteiger partial charge >= 0.3 is 6.03 Å². The van der Waals surface area contributed by atoms with Crippen LogP contribution >= 0.6 is 12.4 Å². The second kappa shape index (κ2) is 16.5. The van der Waals surface area contributed by atoms with Crippen LogP contribution in [0, 0.1) is 28.1 Å². The molecule has 4 aromatic heterocycles. The molecule has 1 aliphatic carbocycles. The van der Waals surface area contributed by atoms with Crippen molar-refractivity contribution >= 4 is 63.7 Å². The van der Waals surface area contributed by atoms with Crippen LogP contribution in [0.5, 0.6) is 5.75 Å². The number of urea groups is 1. The molecule has 318 valence electrons. The first kappa shape index (κ1) is 41.9. The molecule has 4 fully saturated rings. The fourth-order valence-electron chi connectivity index (χ4n) is 10.5. The molecule has 2 N–H and O–H groups in total. The van der Waals surface area contributed by atoms with E-state index >= 15 is 0 Å². The number of anilines is 2. The van der Waals surface area contributed by atoms with E-state index < -0.39 is 6.03 Å². The topological polar surface area (TPSA) is 174 Å². The van der Waals surface area contributed by atoms with Crippen LogP contribution in [0.25, 0.3) is 21.9 Å².